The van der Waals surface area contributed by atoms with Gasteiger partial charge in [0.25, 0.3) is 0 Å². The predicted molar refractivity (Wildman–Crippen MR) is 72.3 cm³/mol. The van der Waals surface area contributed by atoms with Gasteiger partial charge in [-0.05, 0) is 31.4 Å². The second-order valence-electron chi connectivity index (χ2n) is 5.19. The molecule has 102 valence electrons. The van der Waals surface area contributed by atoms with Gasteiger partial charge in [0, 0.05) is 20.2 Å². The highest BCUT2D eigenvalue weighted by Crippen LogP contribution is 2.23. The second-order valence-corrected chi connectivity index (χ2v) is 5.19. The molecule has 0 saturated carbocycles. The van der Waals surface area contributed by atoms with Gasteiger partial charge in [-0.2, -0.15) is 4.52 Å². The normalized spacial score (nSPS) is 24.1. The molecule has 2 aromatic rings. The molecule has 1 saturated heterocycles. The summed E-state index contributed by atoms with van der Waals surface area (Å²) in [4.78, 5) is 2.27. The van der Waals surface area contributed by atoms with Crippen molar-refractivity contribution >= 4 is 11.5 Å². The summed E-state index contributed by atoms with van der Waals surface area (Å²) in [5, 5.41) is 12.7. The van der Waals surface area contributed by atoms with E-state index in [0.29, 0.717) is 5.92 Å². The topological polar surface area (TPSA) is 55.5 Å². The highest BCUT2D eigenvalue weighted by Gasteiger charge is 2.27. The van der Waals surface area contributed by atoms with Gasteiger partial charge in [-0.25, -0.2) is 0 Å². The number of aromatic nitrogens is 4. The summed E-state index contributed by atoms with van der Waals surface area (Å²) in [6, 6.07) is 3.97. The lowest BCUT2D eigenvalue weighted by molar-refractivity contribution is 0.0496. The molecule has 2 aromatic heterocycles. The highest BCUT2D eigenvalue weighted by molar-refractivity contribution is 5.46. The van der Waals surface area contributed by atoms with E-state index in [1.807, 2.05) is 19.1 Å². The van der Waals surface area contributed by atoms with E-state index >= 15 is 0 Å². The minimum absolute atomic E-state index is 0.272. The van der Waals surface area contributed by atoms with Crippen molar-refractivity contribution in [2.75, 3.05) is 25.1 Å². The fourth-order valence-corrected chi connectivity index (χ4v) is 2.60. The third-order valence-corrected chi connectivity index (χ3v) is 3.92. The maximum Gasteiger partial charge on any atom is 0.178 e. The van der Waals surface area contributed by atoms with Gasteiger partial charge >= 0.3 is 0 Å². The Hall–Kier alpha value is -1.69. The molecular formula is C13H19N5O. The van der Waals surface area contributed by atoms with E-state index in [0.717, 1.165) is 36.8 Å². The van der Waals surface area contributed by atoms with Crippen LogP contribution in [0.2, 0.25) is 0 Å². The van der Waals surface area contributed by atoms with Gasteiger partial charge in [0.2, 0.25) is 0 Å². The van der Waals surface area contributed by atoms with E-state index in [4.69, 9.17) is 4.74 Å². The van der Waals surface area contributed by atoms with Crippen LogP contribution in [-0.2, 0) is 4.74 Å². The number of rotatable bonds is 2. The van der Waals surface area contributed by atoms with E-state index in [1.54, 1.807) is 11.6 Å². The first kappa shape index (κ1) is 12.3. The number of anilines is 1. The molecule has 1 aliphatic rings. The molecule has 0 amide bonds. The van der Waals surface area contributed by atoms with Gasteiger partial charge < -0.3 is 9.64 Å². The second kappa shape index (κ2) is 4.77. The summed E-state index contributed by atoms with van der Waals surface area (Å²) in [7, 11) is 1.78. The zero-order chi connectivity index (χ0) is 13.4. The molecule has 1 fully saturated rings. The van der Waals surface area contributed by atoms with Crippen LogP contribution in [0.5, 0.6) is 0 Å². The third-order valence-electron chi connectivity index (χ3n) is 3.92. The number of aryl methyl sites for hydroxylation is 1. The number of fused-ring (bicyclic) bond motifs is 1. The van der Waals surface area contributed by atoms with E-state index < -0.39 is 0 Å². The molecule has 3 rings (SSSR count). The first-order chi connectivity index (χ1) is 9.19. The predicted octanol–water partition coefficient (Wildman–Crippen LogP) is 1.29. The molecular weight excluding hydrogens is 242 g/mol. The molecule has 2 atom stereocenters. The van der Waals surface area contributed by atoms with E-state index in [-0.39, 0.29) is 6.10 Å². The van der Waals surface area contributed by atoms with Crippen LogP contribution in [0.25, 0.3) is 5.65 Å². The number of hydrogen-bond acceptors (Lipinski definition) is 5. The average Bonchev–Trinajstić information content (AvgIpc) is 2.80. The standard InChI is InChI=1S/C13H19N5O/c1-9-6-7-17(8-11(9)19-3)13-5-4-12-15-14-10(2)18(12)16-13/h4-5,9,11H,6-8H2,1-3H3. The van der Waals surface area contributed by atoms with Gasteiger partial charge in [0.05, 0.1) is 6.10 Å². The van der Waals surface area contributed by atoms with Gasteiger partial charge in [0.15, 0.2) is 11.5 Å². The van der Waals surface area contributed by atoms with Crippen LogP contribution in [0.1, 0.15) is 19.2 Å². The minimum atomic E-state index is 0.272. The summed E-state index contributed by atoms with van der Waals surface area (Å²) >= 11 is 0. The van der Waals surface area contributed by atoms with Crippen LogP contribution in [0.15, 0.2) is 12.1 Å². The van der Waals surface area contributed by atoms with Crippen molar-refractivity contribution in [3.05, 3.63) is 18.0 Å². The van der Waals surface area contributed by atoms with Crippen LogP contribution >= 0.6 is 0 Å². The van der Waals surface area contributed by atoms with Crippen molar-refractivity contribution in [3.8, 4) is 0 Å². The molecule has 1 aliphatic heterocycles. The first-order valence-corrected chi connectivity index (χ1v) is 6.66. The van der Waals surface area contributed by atoms with E-state index in [1.165, 1.54) is 0 Å². The quantitative estimate of drug-likeness (QED) is 0.815. The Kier molecular flexibility index (Phi) is 3.10. The summed E-state index contributed by atoms with van der Waals surface area (Å²) in [6.45, 7) is 6.05. The van der Waals surface area contributed by atoms with E-state index in [9.17, 15) is 0 Å². The fourth-order valence-electron chi connectivity index (χ4n) is 2.60. The number of methoxy groups -OCH3 is 1. The van der Waals surface area contributed by atoms with Crippen molar-refractivity contribution in [1.29, 1.82) is 0 Å². The summed E-state index contributed by atoms with van der Waals surface area (Å²) in [6.07, 6.45) is 1.40. The molecule has 6 heteroatoms. The Balaban J connectivity index is 1.89. The number of hydrogen-bond donors (Lipinski definition) is 0. The fraction of sp³-hybridized carbons (Fsp3) is 0.615. The first-order valence-electron chi connectivity index (χ1n) is 6.66. The molecule has 0 radical (unpaired) electrons. The minimum Gasteiger partial charge on any atom is -0.379 e. The maximum absolute atomic E-state index is 5.55. The zero-order valence-electron chi connectivity index (χ0n) is 11.6. The van der Waals surface area contributed by atoms with Crippen LogP contribution in [0, 0.1) is 12.8 Å². The molecule has 19 heavy (non-hydrogen) atoms. The Labute approximate surface area is 112 Å². The largest absolute Gasteiger partial charge is 0.379 e. The molecule has 0 spiro atoms. The van der Waals surface area contributed by atoms with Crippen molar-refractivity contribution in [2.45, 2.75) is 26.4 Å². The molecule has 6 nitrogen and oxygen atoms in total. The van der Waals surface area contributed by atoms with Gasteiger partial charge in [-0.1, -0.05) is 6.92 Å². The third kappa shape index (κ3) is 2.16. The SMILES string of the molecule is COC1CN(c2ccc3nnc(C)n3n2)CCC1C. The van der Waals surface area contributed by atoms with Crippen LogP contribution in [0.3, 0.4) is 0 Å². The van der Waals surface area contributed by atoms with Crippen LogP contribution in [-0.4, -0.2) is 46.1 Å². The Morgan fingerprint density at radius 1 is 1.32 bits per heavy atom. The molecule has 0 aromatic carbocycles. The summed E-state index contributed by atoms with van der Waals surface area (Å²) in [5.74, 6) is 2.37. The smallest absolute Gasteiger partial charge is 0.178 e. The Bertz CT molecular complexity index is 581. The molecule has 3 heterocycles. The molecule has 2 unspecified atom stereocenters. The molecule has 0 bridgehead atoms. The molecule has 0 aliphatic carbocycles. The zero-order valence-corrected chi connectivity index (χ0v) is 11.6. The Morgan fingerprint density at radius 3 is 2.95 bits per heavy atom. The van der Waals surface area contributed by atoms with Crippen molar-refractivity contribution < 1.29 is 4.74 Å². The number of nitrogens with zero attached hydrogens (tertiary/aromatic N) is 5. The lowest BCUT2D eigenvalue weighted by Crippen LogP contribution is -2.44. The van der Waals surface area contributed by atoms with Crippen LogP contribution in [0.4, 0.5) is 5.82 Å². The lowest BCUT2D eigenvalue weighted by atomic mass is 9.96. The Morgan fingerprint density at radius 2 is 2.16 bits per heavy atom. The van der Waals surface area contributed by atoms with Gasteiger partial charge in [-0.3, -0.25) is 0 Å². The summed E-state index contributed by atoms with van der Waals surface area (Å²) < 4.78 is 7.34. The number of ether oxygens (including phenoxy) is 1. The highest BCUT2D eigenvalue weighted by atomic mass is 16.5. The van der Waals surface area contributed by atoms with Gasteiger partial charge in [0.1, 0.15) is 5.82 Å². The maximum atomic E-state index is 5.55. The number of piperidine rings is 1. The molecule has 0 N–H and O–H groups in total. The van der Waals surface area contributed by atoms with Crippen molar-refractivity contribution in [3.63, 3.8) is 0 Å². The van der Waals surface area contributed by atoms with Gasteiger partial charge in [-0.15, -0.1) is 15.3 Å². The summed E-state index contributed by atoms with van der Waals surface area (Å²) in [5.41, 5.74) is 0.787. The van der Waals surface area contributed by atoms with E-state index in [2.05, 4.69) is 27.1 Å². The lowest BCUT2D eigenvalue weighted by Gasteiger charge is -2.36. The van der Waals surface area contributed by atoms with Crippen molar-refractivity contribution in [1.82, 2.24) is 19.8 Å². The van der Waals surface area contributed by atoms with Crippen LogP contribution < -0.4 is 4.90 Å². The monoisotopic (exact) mass is 261 g/mol. The average molecular weight is 261 g/mol. The van der Waals surface area contributed by atoms with Crippen molar-refractivity contribution in [2.24, 2.45) is 5.92 Å².